The van der Waals surface area contributed by atoms with Crippen molar-refractivity contribution in [3.8, 4) is 5.75 Å². The molecule has 2 aliphatic rings. The minimum atomic E-state index is -0.188. The van der Waals surface area contributed by atoms with Crippen molar-refractivity contribution in [2.24, 2.45) is 4.99 Å². The van der Waals surface area contributed by atoms with Crippen molar-refractivity contribution in [3.05, 3.63) is 41.4 Å². The van der Waals surface area contributed by atoms with E-state index in [0.717, 1.165) is 37.1 Å². The topological polar surface area (TPSA) is 71.7 Å². The highest BCUT2D eigenvalue weighted by Gasteiger charge is 2.38. The van der Waals surface area contributed by atoms with Crippen LogP contribution in [0.3, 0.4) is 0 Å². The third-order valence-corrected chi connectivity index (χ3v) is 6.35. The number of unbranched alkanes of at least 4 members (excludes halogenated alkanes) is 5. The molecule has 1 N–H and O–H groups in total. The summed E-state index contributed by atoms with van der Waals surface area (Å²) in [4.78, 5) is 22.8. The van der Waals surface area contributed by atoms with E-state index in [4.69, 9.17) is 16.3 Å². The first kappa shape index (κ1) is 21.7. The van der Waals surface area contributed by atoms with Crippen LogP contribution < -0.4 is 10.1 Å². The van der Waals surface area contributed by atoms with Gasteiger partial charge in [0.15, 0.2) is 0 Å². The van der Waals surface area contributed by atoms with E-state index < -0.39 is 0 Å². The highest BCUT2D eigenvalue weighted by Crippen LogP contribution is 2.39. The van der Waals surface area contributed by atoms with Crippen LogP contribution in [0, 0.1) is 0 Å². The number of hydrogen-bond acceptors (Lipinski definition) is 5. The normalized spacial score (nSPS) is 17.2. The van der Waals surface area contributed by atoms with E-state index in [2.05, 4.69) is 19.9 Å². The average molecular weight is 444 g/mol. The molecule has 2 aliphatic heterocycles. The monoisotopic (exact) mass is 443 g/mol. The summed E-state index contributed by atoms with van der Waals surface area (Å²) in [5.41, 5.74) is 1.73. The number of fused-ring (bicyclic) bond motifs is 2. The lowest BCUT2D eigenvalue weighted by Crippen LogP contribution is -2.36. The summed E-state index contributed by atoms with van der Waals surface area (Å²) >= 11 is 6.65. The molecule has 8 heteroatoms. The maximum absolute atomic E-state index is 12.1. The van der Waals surface area contributed by atoms with Crippen LogP contribution in [0.2, 0.25) is 5.02 Å². The second-order valence-electron chi connectivity index (χ2n) is 8.12. The van der Waals surface area contributed by atoms with Gasteiger partial charge < -0.3 is 14.2 Å². The van der Waals surface area contributed by atoms with E-state index in [1.165, 1.54) is 25.7 Å². The van der Waals surface area contributed by atoms with E-state index in [1.807, 2.05) is 42.7 Å². The number of benzene rings is 1. The molecule has 1 fully saturated rings. The SMILES string of the molecule is CCC1C(=O)NC2=Nc3ccc(OCCCCCCCCn4ccnc4)c(Cl)c3CN21. The molecular weight excluding hydrogens is 414 g/mol. The lowest BCUT2D eigenvalue weighted by atomic mass is 10.1. The van der Waals surface area contributed by atoms with Crippen molar-refractivity contribution in [2.75, 3.05) is 6.61 Å². The third kappa shape index (κ3) is 5.03. The van der Waals surface area contributed by atoms with Crippen molar-refractivity contribution in [3.63, 3.8) is 0 Å². The Morgan fingerprint density at radius 2 is 2.00 bits per heavy atom. The van der Waals surface area contributed by atoms with Crippen LogP contribution >= 0.6 is 11.6 Å². The largest absolute Gasteiger partial charge is 0.492 e. The standard InChI is InChI=1S/C23H30ClN5O2/c1-2-19-22(30)27-23-26-18-9-10-20(21(24)17(18)15-29(19)23)31-14-8-6-4-3-5-7-12-28-13-11-25-16-28/h9-11,13,16,19H,2-8,12,14-15H2,1H3,(H,26,27,30). The highest BCUT2D eigenvalue weighted by atomic mass is 35.5. The van der Waals surface area contributed by atoms with Crippen molar-refractivity contribution in [2.45, 2.75) is 71.0 Å². The number of guanidine groups is 1. The Labute approximate surface area is 188 Å². The molecule has 0 saturated carbocycles. The number of hydrogen-bond donors (Lipinski definition) is 1. The van der Waals surface area contributed by atoms with Gasteiger partial charge in [-0.15, -0.1) is 0 Å². The Balaban J connectivity index is 1.20. The zero-order valence-electron chi connectivity index (χ0n) is 18.0. The molecule has 7 nitrogen and oxygen atoms in total. The quantitative estimate of drug-likeness (QED) is 0.512. The van der Waals surface area contributed by atoms with E-state index in [-0.39, 0.29) is 11.9 Å². The fraction of sp³-hybridized carbons (Fsp3) is 0.522. The van der Waals surface area contributed by atoms with Gasteiger partial charge >= 0.3 is 0 Å². The highest BCUT2D eigenvalue weighted by molar-refractivity contribution is 6.33. The molecule has 1 saturated heterocycles. The molecule has 2 aromatic rings. The number of aromatic nitrogens is 2. The van der Waals surface area contributed by atoms with Crippen LogP contribution in [0.1, 0.15) is 57.4 Å². The van der Waals surface area contributed by atoms with Crippen molar-refractivity contribution in [1.29, 1.82) is 0 Å². The first-order valence-electron chi connectivity index (χ1n) is 11.2. The van der Waals surface area contributed by atoms with Gasteiger partial charge in [-0.1, -0.05) is 44.2 Å². The van der Waals surface area contributed by atoms with Gasteiger partial charge in [-0.05, 0) is 31.4 Å². The lowest BCUT2D eigenvalue weighted by Gasteiger charge is -2.28. The van der Waals surface area contributed by atoms with E-state index in [9.17, 15) is 4.79 Å². The average Bonchev–Trinajstić information content (AvgIpc) is 3.39. The molecule has 3 heterocycles. The molecule has 0 radical (unpaired) electrons. The number of ether oxygens (including phenoxy) is 1. The number of amides is 1. The first-order chi connectivity index (χ1) is 15.2. The minimum absolute atomic E-state index is 0.00313. The van der Waals surface area contributed by atoms with Crippen LogP contribution in [-0.4, -0.2) is 39.0 Å². The number of aryl methyl sites for hydroxylation is 1. The maximum Gasteiger partial charge on any atom is 0.249 e. The molecule has 31 heavy (non-hydrogen) atoms. The van der Waals surface area contributed by atoms with Crippen LogP contribution in [0.25, 0.3) is 0 Å². The van der Waals surface area contributed by atoms with E-state index in [1.54, 1.807) is 0 Å². The van der Waals surface area contributed by atoms with Gasteiger partial charge in [0, 0.05) is 24.5 Å². The number of carbonyl (C=O) groups is 1. The fourth-order valence-corrected chi connectivity index (χ4v) is 4.46. The number of nitrogens with one attached hydrogen (secondary N) is 1. The molecule has 1 aromatic heterocycles. The van der Waals surface area contributed by atoms with Crippen LogP contribution in [-0.2, 0) is 17.9 Å². The Hall–Kier alpha value is -2.54. The van der Waals surface area contributed by atoms with Gasteiger partial charge in [0.25, 0.3) is 0 Å². The number of rotatable bonds is 11. The van der Waals surface area contributed by atoms with Gasteiger partial charge in [0.05, 0.1) is 30.2 Å². The fourth-order valence-electron chi connectivity index (χ4n) is 4.18. The van der Waals surface area contributed by atoms with Gasteiger partial charge in [-0.25, -0.2) is 9.98 Å². The summed E-state index contributed by atoms with van der Waals surface area (Å²) in [6, 6.07) is 3.62. The summed E-state index contributed by atoms with van der Waals surface area (Å²) < 4.78 is 8.10. The number of aliphatic imine (C=N–C) groups is 1. The Kier molecular flexibility index (Phi) is 7.12. The van der Waals surface area contributed by atoms with Gasteiger partial charge in [0.2, 0.25) is 11.9 Å². The van der Waals surface area contributed by atoms with Crippen molar-refractivity contribution >= 4 is 29.2 Å². The summed E-state index contributed by atoms with van der Waals surface area (Å²) in [5, 5.41) is 3.47. The minimum Gasteiger partial charge on any atom is -0.492 e. The molecule has 166 valence electrons. The Morgan fingerprint density at radius 1 is 1.19 bits per heavy atom. The van der Waals surface area contributed by atoms with E-state index in [0.29, 0.717) is 29.9 Å². The van der Waals surface area contributed by atoms with Gasteiger partial charge in [-0.2, -0.15) is 0 Å². The van der Waals surface area contributed by atoms with E-state index >= 15 is 0 Å². The number of imidazole rings is 1. The summed E-state index contributed by atoms with van der Waals surface area (Å²) in [6.07, 6.45) is 13.5. The zero-order valence-corrected chi connectivity index (χ0v) is 18.8. The molecule has 0 spiro atoms. The molecule has 0 bridgehead atoms. The Bertz CT molecular complexity index is 928. The molecule has 0 aliphatic carbocycles. The molecular formula is C23H30ClN5O2. The molecule has 1 amide bonds. The molecule has 1 aromatic carbocycles. The summed E-state index contributed by atoms with van der Waals surface area (Å²) in [6.45, 7) is 4.28. The summed E-state index contributed by atoms with van der Waals surface area (Å²) in [5.74, 6) is 1.33. The third-order valence-electron chi connectivity index (χ3n) is 5.94. The summed E-state index contributed by atoms with van der Waals surface area (Å²) in [7, 11) is 0. The number of carbonyl (C=O) groups excluding carboxylic acids is 1. The molecule has 1 unspecified atom stereocenters. The van der Waals surface area contributed by atoms with Gasteiger partial charge in [0.1, 0.15) is 11.8 Å². The van der Waals surface area contributed by atoms with Crippen molar-refractivity contribution in [1.82, 2.24) is 19.8 Å². The number of halogens is 1. The predicted octanol–water partition coefficient (Wildman–Crippen LogP) is 4.67. The predicted molar refractivity (Wildman–Crippen MR) is 122 cm³/mol. The van der Waals surface area contributed by atoms with Gasteiger partial charge in [-0.3, -0.25) is 10.1 Å². The van der Waals surface area contributed by atoms with Crippen LogP contribution in [0.15, 0.2) is 35.8 Å². The lowest BCUT2D eigenvalue weighted by molar-refractivity contribution is -0.121. The second kappa shape index (κ2) is 10.2. The first-order valence-corrected chi connectivity index (χ1v) is 11.6. The van der Waals surface area contributed by atoms with Crippen LogP contribution in [0.4, 0.5) is 5.69 Å². The molecule has 4 rings (SSSR count). The maximum atomic E-state index is 12.1. The zero-order chi connectivity index (χ0) is 21.6. The molecule has 1 atom stereocenters. The second-order valence-corrected chi connectivity index (χ2v) is 8.50. The number of nitrogens with zero attached hydrogens (tertiary/aromatic N) is 4. The Morgan fingerprint density at radius 3 is 2.77 bits per heavy atom. The van der Waals surface area contributed by atoms with Crippen LogP contribution in [0.5, 0.6) is 5.75 Å². The smallest absolute Gasteiger partial charge is 0.249 e. The van der Waals surface area contributed by atoms with Crippen molar-refractivity contribution < 1.29 is 9.53 Å².